The van der Waals surface area contributed by atoms with Crippen LogP contribution in [0.1, 0.15) is 40.6 Å². The fraction of sp³-hybridized carbons (Fsp3) is 0.423. The Morgan fingerprint density at radius 3 is 2.62 bits per heavy atom. The van der Waals surface area contributed by atoms with E-state index >= 15 is 0 Å². The summed E-state index contributed by atoms with van der Waals surface area (Å²) in [5, 5.41) is 6.43. The van der Waals surface area contributed by atoms with E-state index in [2.05, 4.69) is 25.6 Å². The lowest BCUT2D eigenvalue weighted by Crippen LogP contribution is -2.44. The van der Waals surface area contributed by atoms with E-state index in [4.69, 9.17) is 21.1 Å². The van der Waals surface area contributed by atoms with E-state index in [1.165, 1.54) is 0 Å². The highest BCUT2D eigenvalue weighted by molar-refractivity contribution is 6.35. The highest BCUT2D eigenvalue weighted by atomic mass is 35.5. The van der Waals surface area contributed by atoms with Crippen molar-refractivity contribution in [2.75, 3.05) is 39.5 Å². The minimum absolute atomic E-state index is 0.00734. The Kier molecular flexibility index (Phi) is 8.33. The van der Waals surface area contributed by atoms with Gasteiger partial charge in [-0.1, -0.05) is 11.6 Å². The van der Waals surface area contributed by atoms with E-state index in [0.29, 0.717) is 61.5 Å². The van der Waals surface area contributed by atoms with Crippen LogP contribution in [-0.2, 0) is 15.7 Å². The van der Waals surface area contributed by atoms with Gasteiger partial charge in [0.1, 0.15) is 6.61 Å². The number of rotatable bonds is 8. The molecule has 0 spiro atoms. The number of pyridine rings is 1. The van der Waals surface area contributed by atoms with Crippen molar-refractivity contribution < 1.29 is 32.2 Å². The number of halogens is 4. The number of hydrogen-bond acceptors (Lipinski definition) is 8. The molecule has 2 aliphatic rings. The minimum Gasteiger partial charge on any atom is -0.475 e. The topological polar surface area (TPSA) is 119 Å². The fourth-order valence-corrected chi connectivity index (χ4v) is 4.99. The number of ether oxygens (including phenoxy) is 2. The monoisotopic (exact) mass is 578 g/mol. The van der Waals surface area contributed by atoms with Crippen LogP contribution in [0.2, 0.25) is 5.02 Å². The molecule has 4 heterocycles. The van der Waals surface area contributed by atoms with E-state index in [0.717, 1.165) is 12.4 Å². The molecule has 2 atom stereocenters. The van der Waals surface area contributed by atoms with Crippen molar-refractivity contribution >= 4 is 34.3 Å². The number of aromatic nitrogens is 3. The molecule has 2 saturated heterocycles. The number of amides is 2. The third-order valence-electron chi connectivity index (χ3n) is 6.79. The lowest BCUT2D eigenvalue weighted by molar-refractivity contribution is -0.145. The van der Waals surface area contributed by atoms with Gasteiger partial charge in [0.2, 0.25) is 17.6 Å². The van der Waals surface area contributed by atoms with Gasteiger partial charge in [-0.2, -0.15) is 13.2 Å². The van der Waals surface area contributed by atoms with Gasteiger partial charge in [0, 0.05) is 55.5 Å². The van der Waals surface area contributed by atoms with Crippen LogP contribution in [0.15, 0.2) is 36.7 Å². The van der Waals surface area contributed by atoms with Crippen LogP contribution in [0.5, 0.6) is 5.88 Å². The molecule has 40 heavy (non-hydrogen) atoms. The Morgan fingerprint density at radius 2 is 1.95 bits per heavy atom. The average molecular weight is 579 g/mol. The molecule has 0 bridgehead atoms. The Bertz CT molecular complexity index is 1390. The Labute approximate surface area is 232 Å². The molecular formula is C26H26ClF3N6O4. The number of alkyl halides is 3. The number of hydrogen-bond donors (Lipinski definition) is 2. The van der Waals surface area contributed by atoms with Crippen LogP contribution < -0.4 is 15.4 Å². The summed E-state index contributed by atoms with van der Waals surface area (Å²) >= 11 is 6.43. The van der Waals surface area contributed by atoms with Crippen molar-refractivity contribution in [3.63, 3.8) is 0 Å². The zero-order valence-corrected chi connectivity index (χ0v) is 22.0. The quantitative estimate of drug-likeness (QED) is 0.418. The summed E-state index contributed by atoms with van der Waals surface area (Å²) in [6.07, 6.45) is -1.23. The van der Waals surface area contributed by atoms with Crippen LogP contribution in [0.3, 0.4) is 0 Å². The molecule has 5 rings (SSSR count). The molecule has 1 unspecified atom stereocenters. The summed E-state index contributed by atoms with van der Waals surface area (Å²) in [5.74, 6) is -1.36. The predicted molar refractivity (Wildman–Crippen MR) is 138 cm³/mol. The van der Waals surface area contributed by atoms with Gasteiger partial charge in [-0.05, 0) is 24.6 Å². The number of carbonyl (C=O) groups excluding carboxylic acids is 2. The molecule has 1 aromatic carbocycles. The molecule has 2 N–H and O–H groups in total. The highest BCUT2D eigenvalue weighted by Gasteiger charge is 2.35. The molecule has 0 saturated carbocycles. The van der Waals surface area contributed by atoms with E-state index < -0.39 is 23.9 Å². The Morgan fingerprint density at radius 1 is 1.20 bits per heavy atom. The normalized spacial score (nSPS) is 18.9. The number of morpholine rings is 1. The number of benzene rings is 1. The summed E-state index contributed by atoms with van der Waals surface area (Å²) in [7, 11) is 0. The maximum Gasteiger partial charge on any atom is 0.451 e. The molecule has 212 valence electrons. The van der Waals surface area contributed by atoms with Crippen LogP contribution in [-0.4, -0.2) is 77.2 Å². The molecule has 2 aromatic heterocycles. The fourth-order valence-electron chi connectivity index (χ4n) is 4.74. The van der Waals surface area contributed by atoms with Crippen LogP contribution in [0, 0.1) is 0 Å². The van der Waals surface area contributed by atoms with Crippen LogP contribution >= 0.6 is 11.6 Å². The molecule has 3 aromatic rings. The van der Waals surface area contributed by atoms with Crippen molar-refractivity contribution in [1.82, 2.24) is 30.5 Å². The first kappa shape index (κ1) is 28.0. The first-order valence-corrected chi connectivity index (χ1v) is 13.1. The molecule has 0 radical (unpaired) electrons. The summed E-state index contributed by atoms with van der Waals surface area (Å²) < 4.78 is 50.1. The Hall–Kier alpha value is -3.55. The Balaban J connectivity index is 1.33. The molecule has 2 amide bonds. The van der Waals surface area contributed by atoms with Crippen molar-refractivity contribution in [1.29, 1.82) is 0 Å². The van der Waals surface area contributed by atoms with Gasteiger partial charge < -0.3 is 20.1 Å². The maximum atomic E-state index is 13.4. The largest absolute Gasteiger partial charge is 0.475 e. The zero-order valence-electron chi connectivity index (χ0n) is 21.2. The first-order valence-electron chi connectivity index (χ1n) is 12.7. The van der Waals surface area contributed by atoms with Gasteiger partial charge in [0.25, 0.3) is 5.91 Å². The molecular weight excluding hydrogens is 553 g/mol. The molecule has 0 aliphatic carbocycles. The number of nitrogens with zero attached hydrogens (tertiary/aromatic N) is 4. The molecule has 10 nitrogen and oxygen atoms in total. The van der Waals surface area contributed by atoms with Crippen molar-refractivity contribution in [2.24, 2.45) is 0 Å². The lowest BCUT2D eigenvalue weighted by Gasteiger charge is -2.34. The van der Waals surface area contributed by atoms with E-state index in [9.17, 15) is 22.8 Å². The number of carbonyl (C=O) groups is 2. The second kappa shape index (κ2) is 11.9. The van der Waals surface area contributed by atoms with Gasteiger partial charge in [-0.25, -0.2) is 15.0 Å². The number of nitrogens with one attached hydrogen (secondary N) is 2. The number of fused-ring (bicyclic) bond motifs is 1. The van der Waals surface area contributed by atoms with E-state index in [-0.39, 0.29) is 35.7 Å². The molecule has 2 fully saturated rings. The maximum absolute atomic E-state index is 13.4. The van der Waals surface area contributed by atoms with Gasteiger partial charge in [0.05, 0.1) is 41.4 Å². The predicted octanol–water partition coefficient (Wildman–Crippen LogP) is 3.16. The average Bonchev–Trinajstić information content (AvgIpc) is 3.37. The van der Waals surface area contributed by atoms with Gasteiger partial charge in [0.15, 0.2) is 0 Å². The molecule has 14 heteroatoms. The van der Waals surface area contributed by atoms with Gasteiger partial charge in [-0.15, -0.1) is 0 Å². The second-order valence-corrected chi connectivity index (χ2v) is 9.87. The first-order chi connectivity index (χ1) is 19.2. The smallest absolute Gasteiger partial charge is 0.451 e. The third kappa shape index (κ3) is 6.43. The van der Waals surface area contributed by atoms with Gasteiger partial charge >= 0.3 is 6.18 Å². The van der Waals surface area contributed by atoms with Crippen LogP contribution in [0.4, 0.5) is 13.2 Å². The van der Waals surface area contributed by atoms with Crippen molar-refractivity contribution in [2.45, 2.75) is 31.1 Å². The van der Waals surface area contributed by atoms with Gasteiger partial charge in [-0.3, -0.25) is 14.5 Å². The van der Waals surface area contributed by atoms with Crippen molar-refractivity contribution in [3.8, 4) is 5.88 Å². The zero-order chi connectivity index (χ0) is 28.3. The summed E-state index contributed by atoms with van der Waals surface area (Å²) in [6, 6.07) is 5.99. The summed E-state index contributed by atoms with van der Waals surface area (Å²) in [5.41, 5.74) is 1.13. The van der Waals surface area contributed by atoms with Crippen LogP contribution in [0.25, 0.3) is 10.9 Å². The summed E-state index contributed by atoms with van der Waals surface area (Å²) in [4.78, 5) is 38.2. The minimum atomic E-state index is -4.66. The molecule has 2 aliphatic heterocycles. The standard InChI is InChI=1S/C26H26ClF3N6O4/c27-18-3-4-19-17(2-6-22(35-19)40-14-16-1-5-21(37)34-16)23(18)24(38)31-13-20(36-7-9-39-10-8-36)15-11-32-25(33-12-15)26(28,29)30/h2-4,6,11-12,16,20H,1,5,7-10,13-14H2,(H,31,38)(H,34,37)/t16-,20?/m0/s1. The lowest BCUT2D eigenvalue weighted by atomic mass is 10.1. The highest BCUT2D eigenvalue weighted by Crippen LogP contribution is 2.29. The van der Waals surface area contributed by atoms with E-state index in [1.54, 1.807) is 24.3 Å². The SMILES string of the molecule is O=C1CC[C@@H](COc2ccc3c(C(=O)NCC(c4cnc(C(F)(F)F)nc4)N4CCOCC4)c(Cl)ccc3n2)N1. The second-order valence-electron chi connectivity index (χ2n) is 9.46. The van der Waals surface area contributed by atoms with Crippen molar-refractivity contribution in [3.05, 3.63) is 58.6 Å². The van der Waals surface area contributed by atoms with E-state index in [1.807, 2.05) is 4.90 Å². The summed E-state index contributed by atoms with van der Waals surface area (Å²) in [6.45, 7) is 2.29. The third-order valence-corrected chi connectivity index (χ3v) is 7.11.